The van der Waals surface area contributed by atoms with E-state index in [0.29, 0.717) is 23.7 Å². The molecule has 0 saturated carbocycles. The number of esters is 1. The molecule has 0 bridgehead atoms. The minimum Gasteiger partial charge on any atom is -0.493 e. The van der Waals surface area contributed by atoms with Crippen molar-refractivity contribution in [3.05, 3.63) is 24.0 Å². The molecule has 1 unspecified atom stereocenters. The van der Waals surface area contributed by atoms with E-state index in [4.69, 9.17) is 14.2 Å². The first-order valence-corrected chi connectivity index (χ1v) is 7.43. The molecule has 1 aliphatic heterocycles. The maximum atomic E-state index is 11.9. The highest BCUT2D eigenvalue weighted by atomic mass is 16.5. The lowest BCUT2D eigenvalue weighted by atomic mass is 10.1. The first kappa shape index (κ1) is 15.3. The molecule has 7 heteroatoms. The fraction of sp³-hybridized carbons (Fsp3) is 0.438. The topological polar surface area (TPSA) is 75.5 Å². The van der Waals surface area contributed by atoms with Gasteiger partial charge in [0.1, 0.15) is 5.82 Å². The lowest BCUT2D eigenvalue weighted by molar-refractivity contribution is -0.145. The Balaban J connectivity index is 1.99. The van der Waals surface area contributed by atoms with Crippen molar-refractivity contribution in [3.8, 4) is 22.9 Å². The number of fused-ring (bicyclic) bond motifs is 1. The quantitative estimate of drug-likeness (QED) is 0.803. The number of rotatable bonds is 4. The fourth-order valence-corrected chi connectivity index (χ4v) is 2.80. The van der Waals surface area contributed by atoms with E-state index >= 15 is 0 Å². The smallest absolute Gasteiger partial charge is 0.330 e. The molecule has 0 radical (unpaired) electrons. The third-order valence-corrected chi connectivity index (χ3v) is 3.99. The first-order chi connectivity index (χ1) is 11.2. The molecule has 0 N–H and O–H groups in total. The van der Waals surface area contributed by atoms with Gasteiger partial charge in [-0.25, -0.2) is 14.5 Å². The second-order valence-electron chi connectivity index (χ2n) is 5.30. The standard InChI is InChI=1S/C16H19N3O4/c1-21-12-8-7-10(9-13(12)22-2)15-17-14-6-4-5-11(16(20)23-3)19(14)18-15/h7-9,11H,4-6H2,1-3H3. The van der Waals surface area contributed by atoms with Gasteiger partial charge in [-0.3, -0.25) is 0 Å². The maximum Gasteiger partial charge on any atom is 0.330 e. The van der Waals surface area contributed by atoms with Crippen LogP contribution in [0.5, 0.6) is 11.5 Å². The number of methoxy groups -OCH3 is 3. The monoisotopic (exact) mass is 317 g/mol. The first-order valence-electron chi connectivity index (χ1n) is 7.43. The van der Waals surface area contributed by atoms with E-state index in [1.54, 1.807) is 18.9 Å². The van der Waals surface area contributed by atoms with Gasteiger partial charge in [-0.1, -0.05) is 0 Å². The molecule has 1 aromatic carbocycles. The van der Waals surface area contributed by atoms with Crippen LogP contribution in [-0.2, 0) is 16.0 Å². The molecule has 0 saturated heterocycles. The Labute approximate surface area is 134 Å². The lowest BCUT2D eigenvalue weighted by Gasteiger charge is -2.20. The van der Waals surface area contributed by atoms with Crippen LogP contribution in [0.3, 0.4) is 0 Å². The number of nitrogens with zero attached hydrogens (tertiary/aromatic N) is 3. The van der Waals surface area contributed by atoms with Crippen molar-refractivity contribution in [3.63, 3.8) is 0 Å². The van der Waals surface area contributed by atoms with Gasteiger partial charge in [0.25, 0.3) is 0 Å². The normalized spacial score (nSPS) is 16.6. The molecule has 122 valence electrons. The summed E-state index contributed by atoms with van der Waals surface area (Å²) in [6.45, 7) is 0. The number of hydrogen-bond acceptors (Lipinski definition) is 6. The Morgan fingerprint density at radius 1 is 1.22 bits per heavy atom. The van der Waals surface area contributed by atoms with E-state index in [1.807, 2.05) is 18.2 Å². The van der Waals surface area contributed by atoms with Crippen molar-refractivity contribution in [1.29, 1.82) is 0 Å². The Bertz CT molecular complexity index is 726. The van der Waals surface area contributed by atoms with E-state index in [0.717, 1.165) is 24.2 Å². The second-order valence-corrected chi connectivity index (χ2v) is 5.30. The summed E-state index contributed by atoms with van der Waals surface area (Å²) in [5.74, 6) is 2.35. The van der Waals surface area contributed by atoms with Gasteiger partial charge in [-0.05, 0) is 31.0 Å². The van der Waals surface area contributed by atoms with Crippen molar-refractivity contribution in [1.82, 2.24) is 14.8 Å². The summed E-state index contributed by atoms with van der Waals surface area (Å²) in [4.78, 5) is 16.5. The largest absolute Gasteiger partial charge is 0.493 e. The minimum absolute atomic E-state index is 0.283. The van der Waals surface area contributed by atoms with Crippen LogP contribution in [0.4, 0.5) is 0 Å². The molecule has 23 heavy (non-hydrogen) atoms. The van der Waals surface area contributed by atoms with Crippen LogP contribution < -0.4 is 9.47 Å². The van der Waals surface area contributed by atoms with Crippen molar-refractivity contribution >= 4 is 5.97 Å². The van der Waals surface area contributed by atoms with Gasteiger partial charge in [0.05, 0.1) is 21.3 Å². The number of benzene rings is 1. The Kier molecular flexibility index (Phi) is 4.18. The summed E-state index contributed by atoms with van der Waals surface area (Å²) in [5, 5.41) is 4.51. The lowest BCUT2D eigenvalue weighted by Crippen LogP contribution is -2.27. The van der Waals surface area contributed by atoms with Crippen LogP contribution in [0.2, 0.25) is 0 Å². The molecule has 1 aromatic heterocycles. The van der Waals surface area contributed by atoms with Crippen LogP contribution in [0.15, 0.2) is 18.2 Å². The molecular weight excluding hydrogens is 298 g/mol. The van der Waals surface area contributed by atoms with E-state index in [9.17, 15) is 4.79 Å². The Hall–Kier alpha value is -2.57. The SMILES string of the molecule is COC(=O)C1CCCc2nc(-c3ccc(OC)c(OC)c3)nn21. The number of carbonyl (C=O) groups is 1. The van der Waals surface area contributed by atoms with Crippen LogP contribution in [0, 0.1) is 0 Å². The van der Waals surface area contributed by atoms with Crippen LogP contribution in [-0.4, -0.2) is 42.1 Å². The third-order valence-electron chi connectivity index (χ3n) is 3.99. The Morgan fingerprint density at radius 3 is 2.70 bits per heavy atom. The Morgan fingerprint density at radius 2 is 2.00 bits per heavy atom. The van der Waals surface area contributed by atoms with Crippen molar-refractivity contribution in [2.24, 2.45) is 0 Å². The fourth-order valence-electron chi connectivity index (χ4n) is 2.80. The average molecular weight is 317 g/mol. The van der Waals surface area contributed by atoms with Gasteiger partial charge in [-0.15, -0.1) is 5.10 Å². The molecule has 1 atom stereocenters. The molecule has 1 aliphatic rings. The molecule has 0 spiro atoms. The molecule has 0 amide bonds. The number of aromatic nitrogens is 3. The zero-order valence-corrected chi connectivity index (χ0v) is 13.4. The molecule has 3 rings (SSSR count). The minimum atomic E-state index is -0.398. The van der Waals surface area contributed by atoms with E-state index < -0.39 is 6.04 Å². The van der Waals surface area contributed by atoms with Gasteiger partial charge in [-0.2, -0.15) is 0 Å². The molecule has 0 aliphatic carbocycles. The number of hydrogen-bond donors (Lipinski definition) is 0. The molecule has 0 fully saturated rings. The van der Waals surface area contributed by atoms with Crippen molar-refractivity contribution in [2.75, 3.05) is 21.3 Å². The summed E-state index contributed by atoms with van der Waals surface area (Å²) in [7, 11) is 4.56. The number of ether oxygens (including phenoxy) is 3. The number of carbonyl (C=O) groups excluding carboxylic acids is 1. The van der Waals surface area contributed by atoms with Gasteiger partial charge in [0.15, 0.2) is 23.4 Å². The van der Waals surface area contributed by atoms with Crippen LogP contribution in [0.1, 0.15) is 24.7 Å². The molecule has 2 heterocycles. The van der Waals surface area contributed by atoms with Crippen molar-refractivity contribution in [2.45, 2.75) is 25.3 Å². The zero-order chi connectivity index (χ0) is 16.4. The van der Waals surface area contributed by atoms with Crippen molar-refractivity contribution < 1.29 is 19.0 Å². The maximum absolute atomic E-state index is 11.9. The molecule has 2 aromatic rings. The predicted octanol–water partition coefficient (Wildman–Crippen LogP) is 2.01. The zero-order valence-electron chi connectivity index (χ0n) is 13.4. The summed E-state index contributed by atoms with van der Waals surface area (Å²) in [6.07, 6.45) is 2.41. The highest BCUT2D eigenvalue weighted by molar-refractivity contribution is 5.74. The van der Waals surface area contributed by atoms with E-state index in [2.05, 4.69) is 10.1 Å². The van der Waals surface area contributed by atoms with Gasteiger partial charge in [0.2, 0.25) is 0 Å². The van der Waals surface area contributed by atoms with Gasteiger partial charge in [0, 0.05) is 12.0 Å². The molecule has 7 nitrogen and oxygen atoms in total. The van der Waals surface area contributed by atoms with Crippen LogP contribution in [0.25, 0.3) is 11.4 Å². The van der Waals surface area contributed by atoms with Gasteiger partial charge < -0.3 is 14.2 Å². The second kappa shape index (κ2) is 6.28. The highest BCUT2D eigenvalue weighted by Gasteiger charge is 2.29. The van der Waals surface area contributed by atoms with Gasteiger partial charge >= 0.3 is 5.97 Å². The summed E-state index contributed by atoms with van der Waals surface area (Å²) in [5.41, 5.74) is 0.813. The highest BCUT2D eigenvalue weighted by Crippen LogP contribution is 2.32. The van der Waals surface area contributed by atoms with E-state index in [1.165, 1.54) is 7.11 Å². The van der Waals surface area contributed by atoms with Crippen LogP contribution >= 0.6 is 0 Å². The predicted molar refractivity (Wildman–Crippen MR) is 82.6 cm³/mol. The summed E-state index contributed by atoms with van der Waals surface area (Å²) in [6, 6.07) is 5.11. The summed E-state index contributed by atoms with van der Waals surface area (Å²) < 4.78 is 17.1. The molecular formula is C16H19N3O4. The third kappa shape index (κ3) is 2.74. The summed E-state index contributed by atoms with van der Waals surface area (Å²) >= 11 is 0. The number of aryl methyl sites for hydroxylation is 1. The van der Waals surface area contributed by atoms with E-state index in [-0.39, 0.29) is 5.97 Å². The average Bonchev–Trinajstić information content (AvgIpc) is 3.04.